The Morgan fingerprint density at radius 2 is 1.45 bits per heavy atom. The minimum absolute atomic E-state index is 0.0706. The lowest BCUT2D eigenvalue weighted by Gasteiger charge is -2.32. The van der Waals surface area contributed by atoms with Gasteiger partial charge in [-0.2, -0.15) is 0 Å². The van der Waals surface area contributed by atoms with Crippen LogP contribution >= 0.6 is 0 Å². The Morgan fingerprint density at radius 1 is 0.900 bits per heavy atom. The molecular formula is C16H23NO3. The second-order valence-corrected chi connectivity index (χ2v) is 6.43. The lowest BCUT2D eigenvalue weighted by Crippen LogP contribution is -2.44. The number of hydrogen-bond donors (Lipinski definition) is 1. The van der Waals surface area contributed by atoms with Crippen molar-refractivity contribution in [3.8, 4) is 0 Å². The first kappa shape index (κ1) is 13.7. The molecule has 4 nitrogen and oxygen atoms in total. The van der Waals surface area contributed by atoms with E-state index < -0.39 is 11.9 Å². The molecule has 1 N–H and O–H groups in total. The zero-order chi connectivity index (χ0) is 14.1. The summed E-state index contributed by atoms with van der Waals surface area (Å²) >= 11 is 0. The van der Waals surface area contributed by atoms with Crippen LogP contribution in [0.3, 0.4) is 0 Å². The first-order valence-electron chi connectivity index (χ1n) is 7.88. The van der Waals surface area contributed by atoms with Crippen LogP contribution in [0.15, 0.2) is 12.2 Å². The third kappa shape index (κ3) is 2.36. The van der Waals surface area contributed by atoms with Crippen molar-refractivity contribution in [1.29, 1.82) is 0 Å². The molecule has 110 valence electrons. The van der Waals surface area contributed by atoms with Crippen molar-refractivity contribution in [2.75, 3.05) is 13.1 Å². The highest BCUT2D eigenvalue weighted by molar-refractivity contribution is 5.87. The minimum atomic E-state index is -0.799. The van der Waals surface area contributed by atoms with E-state index in [1.807, 2.05) is 11.0 Å². The molecule has 1 saturated carbocycles. The number of carboxylic acids is 1. The number of carbonyl (C=O) groups is 2. The van der Waals surface area contributed by atoms with Crippen LogP contribution in [0.4, 0.5) is 0 Å². The molecule has 20 heavy (non-hydrogen) atoms. The summed E-state index contributed by atoms with van der Waals surface area (Å²) in [5.41, 5.74) is 0. The summed E-state index contributed by atoms with van der Waals surface area (Å²) in [6, 6.07) is 0. The standard InChI is InChI=1S/C16H23NO3/c18-15(17-8-4-2-1-3-5-9-17)13-11-6-7-12(10-11)14(13)16(19)20/h6-7,11-14H,1-5,8-10H2,(H,19,20)/t11?,12?,13-,14+/m0/s1. The number of nitrogens with zero attached hydrogens (tertiary/aromatic N) is 1. The third-order valence-electron chi connectivity index (χ3n) is 5.20. The molecule has 1 saturated heterocycles. The van der Waals surface area contributed by atoms with E-state index in [1.54, 1.807) is 0 Å². The molecule has 4 atom stereocenters. The summed E-state index contributed by atoms with van der Waals surface area (Å²) in [6.45, 7) is 1.62. The fourth-order valence-corrected chi connectivity index (χ4v) is 4.17. The molecule has 1 amide bonds. The molecular weight excluding hydrogens is 254 g/mol. The van der Waals surface area contributed by atoms with Crippen molar-refractivity contribution < 1.29 is 14.7 Å². The van der Waals surface area contributed by atoms with Gasteiger partial charge in [0.1, 0.15) is 0 Å². The first-order valence-corrected chi connectivity index (χ1v) is 7.88. The maximum atomic E-state index is 12.8. The Hall–Kier alpha value is -1.32. The van der Waals surface area contributed by atoms with Crippen molar-refractivity contribution in [1.82, 2.24) is 4.90 Å². The smallest absolute Gasteiger partial charge is 0.307 e. The lowest BCUT2D eigenvalue weighted by atomic mass is 9.82. The van der Waals surface area contributed by atoms with Crippen LogP contribution in [0.5, 0.6) is 0 Å². The molecule has 3 aliphatic rings. The number of hydrogen-bond acceptors (Lipinski definition) is 2. The topological polar surface area (TPSA) is 57.6 Å². The number of carbonyl (C=O) groups excluding carboxylic acids is 1. The van der Waals surface area contributed by atoms with Gasteiger partial charge in [-0.1, -0.05) is 31.4 Å². The third-order valence-corrected chi connectivity index (χ3v) is 5.20. The van der Waals surface area contributed by atoms with Crippen molar-refractivity contribution in [3.63, 3.8) is 0 Å². The predicted molar refractivity (Wildman–Crippen MR) is 75.0 cm³/mol. The van der Waals surface area contributed by atoms with Gasteiger partial charge in [-0.25, -0.2) is 0 Å². The van der Waals surface area contributed by atoms with E-state index in [2.05, 4.69) is 6.08 Å². The van der Waals surface area contributed by atoms with Crippen molar-refractivity contribution >= 4 is 11.9 Å². The molecule has 1 heterocycles. The predicted octanol–water partition coefficient (Wildman–Crippen LogP) is 2.30. The van der Waals surface area contributed by atoms with E-state index in [9.17, 15) is 14.7 Å². The van der Waals surface area contributed by atoms with Crippen molar-refractivity contribution in [2.45, 2.75) is 38.5 Å². The normalized spacial score (nSPS) is 36.7. The number of allylic oxidation sites excluding steroid dienone is 2. The van der Waals surface area contributed by atoms with E-state index in [1.165, 1.54) is 19.3 Å². The second kappa shape index (κ2) is 5.58. The number of likely N-dealkylation sites (tertiary alicyclic amines) is 1. The average molecular weight is 277 g/mol. The molecule has 0 radical (unpaired) electrons. The van der Waals surface area contributed by atoms with Crippen LogP contribution < -0.4 is 0 Å². The molecule has 4 heteroatoms. The summed E-state index contributed by atoms with van der Waals surface area (Å²) in [5.74, 6) is -1.30. The number of amides is 1. The molecule has 1 aliphatic heterocycles. The summed E-state index contributed by atoms with van der Waals surface area (Å²) in [5, 5.41) is 9.45. The van der Waals surface area contributed by atoms with Gasteiger partial charge in [0.05, 0.1) is 11.8 Å². The van der Waals surface area contributed by atoms with Crippen LogP contribution in [0, 0.1) is 23.7 Å². The molecule has 3 rings (SSSR count). The quantitative estimate of drug-likeness (QED) is 0.788. The van der Waals surface area contributed by atoms with Crippen LogP contribution in [-0.2, 0) is 9.59 Å². The highest BCUT2D eigenvalue weighted by atomic mass is 16.4. The van der Waals surface area contributed by atoms with Crippen LogP contribution in [0.1, 0.15) is 38.5 Å². The second-order valence-electron chi connectivity index (χ2n) is 6.43. The number of rotatable bonds is 2. The Kier molecular flexibility index (Phi) is 3.81. The number of carboxylic acid groups (broad SMARTS) is 1. The first-order chi connectivity index (χ1) is 9.68. The van der Waals surface area contributed by atoms with Crippen molar-refractivity contribution in [3.05, 3.63) is 12.2 Å². The molecule has 0 aromatic rings. The van der Waals surface area contributed by atoms with Gasteiger partial charge >= 0.3 is 5.97 Å². The summed E-state index contributed by atoms with van der Waals surface area (Å²) < 4.78 is 0. The molecule has 2 bridgehead atoms. The SMILES string of the molecule is O=C(O)[C@@H]1C2C=CC(C2)[C@@H]1C(=O)N1CCCCCCC1. The molecule has 0 aromatic carbocycles. The highest BCUT2D eigenvalue weighted by Crippen LogP contribution is 2.48. The Balaban J connectivity index is 1.75. The van der Waals surface area contributed by atoms with Gasteiger partial charge in [0, 0.05) is 13.1 Å². The fraction of sp³-hybridized carbons (Fsp3) is 0.750. The molecule has 2 unspecified atom stereocenters. The molecule has 0 spiro atoms. The average Bonchev–Trinajstić information content (AvgIpc) is 2.97. The van der Waals surface area contributed by atoms with E-state index in [-0.39, 0.29) is 23.7 Å². The van der Waals surface area contributed by atoms with Crippen molar-refractivity contribution in [2.24, 2.45) is 23.7 Å². The summed E-state index contributed by atoms with van der Waals surface area (Å²) in [7, 11) is 0. The molecule has 0 aromatic heterocycles. The van der Waals surface area contributed by atoms with E-state index in [0.29, 0.717) is 0 Å². The highest BCUT2D eigenvalue weighted by Gasteiger charge is 2.52. The number of aliphatic carboxylic acids is 1. The van der Waals surface area contributed by atoms with E-state index in [4.69, 9.17) is 0 Å². The van der Waals surface area contributed by atoms with Gasteiger partial charge in [0.2, 0.25) is 5.91 Å². The lowest BCUT2D eigenvalue weighted by molar-refractivity contribution is -0.151. The Morgan fingerprint density at radius 3 is 2.05 bits per heavy atom. The van der Waals surface area contributed by atoms with Crippen LogP contribution in [0.2, 0.25) is 0 Å². The summed E-state index contributed by atoms with van der Waals surface area (Å²) in [6.07, 6.45) is 10.7. The number of fused-ring (bicyclic) bond motifs is 2. The van der Waals surface area contributed by atoms with E-state index >= 15 is 0 Å². The maximum absolute atomic E-state index is 12.8. The van der Waals surface area contributed by atoms with Gasteiger partial charge in [0.25, 0.3) is 0 Å². The van der Waals surface area contributed by atoms with Crippen LogP contribution in [0.25, 0.3) is 0 Å². The van der Waals surface area contributed by atoms with Gasteiger partial charge in [-0.15, -0.1) is 0 Å². The Bertz CT molecular complexity index is 423. The maximum Gasteiger partial charge on any atom is 0.307 e. The van der Waals surface area contributed by atoms with Gasteiger partial charge in [0.15, 0.2) is 0 Å². The van der Waals surface area contributed by atoms with Crippen LogP contribution in [-0.4, -0.2) is 35.0 Å². The van der Waals surface area contributed by atoms with Gasteiger partial charge < -0.3 is 10.0 Å². The molecule has 2 aliphatic carbocycles. The Labute approximate surface area is 119 Å². The zero-order valence-electron chi connectivity index (χ0n) is 11.8. The zero-order valence-corrected chi connectivity index (χ0v) is 11.8. The minimum Gasteiger partial charge on any atom is -0.481 e. The largest absolute Gasteiger partial charge is 0.481 e. The fourth-order valence-electron chi connectivity index (χ4n) is 4.17. The van der Waals surface area contributed by atoms with Gasteiger partial charge in [-0.05, 0) is 31.1 Å². The van der Waals surface area contributed by atoms with Gasteiger partial charge in [-0.3, -0.25) is 9.59 Å². The monoisotopic (exact) mass is 277 g/mol. The molecule has 2 fully saturated rings. The van der Waals surface area contributed by atoms with E-state index in [0.717, 1.165) is 32.4 Å². The summed E-state index contributed by atoms with van der Waals surface area (Å²) in [4.78, 5) is 26.2.